The van der Waals surface area contributed by atoms with Crippen LogP contribution in [-0.2, 0) is 12.8 Å². The van der Waals surface area contributed by atoms with E-state index in [-0.39, 0.29) is 5.17 Å². The van der Waals surface area contributed by atoms with Crippen LogP contribution in [0.2, 0.25) is 0 Å². The summed E-state index contributed by atoms with van der Waals surface area (Å²) in [5.41, 5.74) is 2.27. The number of hydrogen-bond donors (Lipinski definition) is 2. The van der Waals surface area contributed by atoms with E-state index in [1.165, 1.54) is 10.2 Å². The van der Waals surface area contributed by atoms with Gasteiger partial charge in [-0.15, -0.1) is 5.10 Å². The van der Waals surface area contributed by atoms with Gasteiger partial charge in [0.1, 0.15) is 0 Å². The molecule has 5 heteroatoms. The Kier molecular flexibility index (Phi) is 2.41. The highest BCUT2D eigenvalue weighted by atomic mass is 32.1. The van der Waals surface area contributed by atoms with Crippen molar-refractivity contribution in [3.8, 4) is 0 Å². The number of fused-ring (bicyclic) bond motifs is 1. The molecule has 0 saturated carbocycles. The maximum Gasteiger partial charge on any atom is 0.282 e. The molecule has 0 aliphatic heterocycles. The number of aromatic nitrogens is 2. The van der Waals surface area contributed by atoms with Crippen molar-refractivity contribution >= 4 is 23.2 Å². The van der Waals surface area contributed by atoms with E-state index in [9.17, 15) is 5.11 Å². The molecule has 4 nitrogen and oxygen atoms in total. The molecule has 1 aliphatic rings. The summed E-state index contributed by atoms with van der Waals surface area (Å²) >= 11 is 4.73. The Bertz CT molecular complexity index is 372. The summed E-state index contributed by atoms with van der Waals surface area (Å²) in [6, 6.07) is 0. The number of rotatable bonds is 2. The Labute approximate surface area is 87.9 Å². The highest BCUT2D eigenvalue weighted by Gasteiger charge is 2.23. The number of nitrogens with one attached hydrogen (secondary N) is 1. The molecule has 0 radical (unpaired) electrons. The maximum atomic E-state index is 9.27. The lowest BCUT2D eigenvalue weighted by atomic mass is 10.2. The van der Waals surface area contributed by atoms with Crippen LogP contribution < -0.4 is 5.32 Å². The molecule has 1 heterocycles. The molecule has 0 aromatic carbocycles. The lowest BCUT2D eigenvalue weighted by Crippen LogP contribution is -2.12. The van der Waals surface area contributed by atoms with Gasteiger partial charge in [0.25, 0.3) is 5.17 Å². The number of aliphatic hydroxyl groups is 1. The SMILES string of the molecule is CCNc1nn(C(O)=S)c2c1CCC2. The molecule has 0 spiro atoms. The van der Waals surface area contributed by atoms with E-state index in [0.717, 1.165) is 37.3 Å². The Balaban J connectivity index is 2.44. The molecule has 1 aromatic heterocycles. The molecule has 2 N–H and O–H groups in total. The molecule has 1 aliphatic carbocycles. The van der Waals surface area contributed by atoms with Gasteiger partial charge in [0.15, 0.2) is 5.82 Å². The Morgan fingerprint density at radius 3 is 3.07 bits per heavy atom. The quantitative estimate of drug-likeness (QED) is 0.728. The fourth-order valence-corrected chi connectivity index (χ4v) is 2.06. The average Bonchev–Trinajstić information content (AvgIpc) is 2.67. The molecule has 0 fully saturated rings. The average molecular weight is 211 g/mol. The van der Waals surface area contributed by atoms with Crippen LogP contribution in [-0.4, -0.2) is 26.6 Å². The van der Waals surface area contributed by atoms with E-state index in [1.54, 1.807) is 0 Å². The lowest BCUT2D eigenvalue weighted by molar-refractivity contribution is 0.523. The van der Waals surface area contributed by atoms with Gasteiger partial charge in [-0.2, -0.15) is 4.68 Å². The van der Waals surface area contributed by atoms with Crippen LogP contribution >= 0.6 is 12.2 Å². The van der Waals surface area contributed by atoms with Gasteiger partial charge < -0.3 is 10.4 Å². The smallest absolute Gasteiger partial charge is 0.282 e. The summed E-state index contributed by atoms with van der Waals surface area (Å²) in [5, 5.41) is 16.5. The van der Waals surface area contributed by atoms with E-state index in [4.69, 9.17) is 12.2 Å². The summed E-state index contributed by atoms with van der Waals surface area (Å²) in [7, 11) is 0. The molecule has 0 atom stereocenters. The van der Waals surface area contributed by atoms with Crippen LogP contribution in [0.5, 0.6) is 0 Å². The predicted octanol–water partition coefficient (Wildman–Crippen LogP) is 1.49. The fraction of sp³-hybridized carbons (Fsp3) is 0.556. The van der Waals surface area contributed by atoms with E-state index >= 15 is 0 Å². The zero-order chi connectivity index (χ0) is 10.1. The molecule has 0 saturated heterocycles. The standard InChI is InChI=1S/C9H13N3OS/c1-2-10-8-6-4-3-5-7(6)12(11-8)9(13)14/h2-5H2,1H3,(H,10,11)(H,13,14). The molecular formula is C9H13N3OS. The van der Waals surface area contributed by atoms with E-state index < -0.39 is 0 Å². The Morgan fingerprint density at radius 1 is 1.64 bits per heavy atom. The van der Waals surface area contributed by atoms with Crippen LogP contribution in [0.15, 0.2) is 0 Å². The second-order valence-corrected chi connectivity index (χ2v) is 3.72. The lowest BCUT2D eigenvalue weighted by Gasteiger charge is -2.00. The van der Waals surface area contributed by atoms with Crippen molar-refractivity contribution < 1.29 is 5.11 Å². The van der Waals surface area contributed by atoms with E-state index in [2.05, 4.69) is 10.4 Å². The van der Waals surface area contributed by atoms with Crippen molar-refractivity contribution in [2.75, 3.05) is 11.9 Å². The van der Waals surface area contributed by atoms with Crippen molar-refractivity contribution in [2.45, 2.75) is 26.2 Å². The normalized spacial score (nSPS) is 14.1. The maximum absolute atomic E-state index is 9.27. The first-order valence-corrected chi connectivity index (χ1v) is 5.22. The third-order valence-electron chi connectivity index (χ3n) is 2.46. The molecule has 14 heavy (non-hydrogen) atoms. The second-order valence-electron chi connectivity index (χ2n) is 3.35. The largest absolute Gasteiger partial charge is 0.485 e. The Morgan fingerprint density at radius 2 is 2.43 bits per heavy atom. The zero-order valence-electron chi connectivity index (χ0n) is 8.08. The van der Waals surface area contributed by atoms with Crippen LogP contribution in [0.25, 0.3) is 0 Å². The molecule has 1 aromatic rings. The number of hydrogen-bond acceptors (Lipinski definition) is 3. The first-order chi connectivity index (χ1) is 6.74. The van der Waals surface area contributed by atoms with Gasteiger partial charge in [-0.1, -0.05) is 0 Å². The number of nitrogens with zero attached hydrogens (tertiary/aromatic N) is 2. The van der Waals surface area contributed by atoms with Gasteiger partial charge in [-0.25, -0.2) is 0 Å². The highest BCUT2D eigenvalue weighted by Crippen LogP contribution is 2.28. The summed E-state index contributed by atoms with van der Waals surface area (Å²) < 4.78 is 1.47. The van der Waals surface area contributed by atoms with Crippen molar-refractivity contribution in [1.82, 2.24) is 9.78 Å². The van der Waals surface area contributed by atoms with Crippen molar-refractivity contribution in [2.24, 2.45) is 0 Å². The fourth-order valence-electron chi connectivity index (χ4n) is 1.91. The van der Waals surface area contributed by atoms with Crippen LogP contribution in [0.3, 0.4) is 0 Å². The topological polar surface area (TPSA) is 50.1 Å². The Hall–Kier alpha value is -1.10. The van der Waals surface area contributed by atoms with Gasteiger partial charge in [-0.3, -0.25) is 0 Å². The van der Waals surface area contributed by atoms with Crippen molar-refractivity contribution in [1.29, 1.82) is 0 Å². The molecule has 0 bridgehead atoms. The molecule has 76 valence electrons. The van der Waals surface area contributed by atoms with Gasteiger partial charge in [-0.05, 0) is 38.4 Å². The summed E-state index contributed by atoms with van der Waals surface area (Å²) in [5.74, 6) is 0.872. The minimum atomic E-state index is -0.160. The molecule has 2 rings (SSSR count). The summed E-state index contributed by atoms with van der Waals surface area (Å²) in [6.07, 6.45) is 3.10. The van der Waals surface area contributed by atoms with Gasteiger partial charge >= 0.3 is 0 Å². The van der Waals surface area contributed by atoms with Gasteiger partial charge in [0, 0.05) is 12.1 Å². The summed E-state index contributed by atoms with van der Waals surface area (Å²) in [4.78, 5) is 0. The number of aliphatic hydroxyl groups excluding tert-OH is 1. The van der Waals surface area contributed by atoms with E-state index in [1.807, 2.05) is 6.92 Å². The third kappa shape index (κ3) is 1.37. The highest BCUT2D eigenvalue weighted by molar-refractivity contribution is 7.79. The number of anilines is 1. The monoisotopic (exact) mass is 211 g/mol. The third-order valence-corrected chi connectivity index (χ3v) is 2.63. The number of thiocarbonyl (C=S) groups is 1. The molecule has 0 amide bonds. The summed E-state index contributed by atoms with van der Waals surface area (Å²) in [6.45, 7) is 2.86. The van der Waals surface area contributed by atoms with Crippen LogP contribution in [0.4, 0.5) is 5.82 Å². The van der Waals surface area contributed by atoms with Crippen molar-refractivity contribution in [3.05, 3.63) is 11.3 Å². The van der Waals surface area contributed by atoms with Crippen LogP contribution in [0, 0.1) is 0 Å². The second kappa shape index (κ2) is 3.57. The molecular weight excluding hydrogens is 198 g/mol. The first kappa shape index (κ1) is 9.45. The van der Waals surface area contributed by atoms with Crippen LogP contribution in [0.1, 0.15) is 24.6 Å². The first-order valence-electron chi connectivity index (χ1n) is 4.82. The minimum absolute atomic E-state index is 0.160. The van der Waals surface area contributed by atoms with Gasteiger partial charge in [0.2, 0.25) is 0 Å². The van der Waals surface area contributed by atoms with Gasteiger partial charge in [0.05, 0.1) is 5.69 Å². The predicted molar refractivity (Wildman–Crippen MR) is 59.0 cm³/mol. The minimum Gasteiger partial charge on any atom is -0.485 e. The van der Waals surface area contributed by atoms with E-state index in [0.29, 0.717) is 0 Å². The zero-order valence-corrected chi connectivity index (χ0v) is 8.89. The van der Waals surface area contributed by atoms with Crippen molar-refractivity contribution in [3.63, 3.8) is 0 Å². The molecule has 0 unspecified atom stereocenters.